The number of ether oxygens (including phenoxy) is 2. The molecule has 1 aliphatic carbocycles. The largest absolute Gasteiger partial charge is 0.497 e. The number of likely N-dealkylation sites (tertiary alicyclic amines) is 1. The van der Waals surface area contributed by atoms with Crippen molar-refractivity contribution in [1.29, 1.82) is 0 Å². The molecule has 0 bridgehead atoms. The van der Waals surface area contributed by atoms with Crippen molar-refractivity contribution < 1.29 is 27.1 Å². The van der Waals surface area contributed by atoms with Crippen LogP contribution in [-0.2, 0) is 34.3 Å². The molecule has 0 radical (unpaired) electrons. The monoisotopic (exact) mass is 610 g/mol. The second-order valence-electron chi connectivity index (χ2n) is 11.5. The first-order valence-electron chi connectivity index (χ1n) is 14.9. The van der Waals surface area contributed by atoms with E-state index in [1.54, 1.807) is 40.2 Å². The van der Waals surface area contributed by atoms with Crippen LogP contribution in [0.3, 0.4) is 0 Å². The Balaban J connectivity index is 1.14. The first-order valence-corrected chi connectivity index (χ1v) is 16.3. The summed E-state index contributed by atoms with van der Waals surface area (Å²) in [5.74, 6) is 0.446. The molecule has 0 unspecified atom stereocenters. The van der Waals surface area contributed by atoms with E-state index in [-0.39, 0.29) is 35.0 Å². The molecule has 232 valence electrons. The maximum atomic E-state index is 13.7. The molecule has 0 spiro atoms. The summed E-state index contributed by atoms with van der Waals surface area (Å²) in [4.78, 5) is 19.8. The van der Waals surface area contributed by atoms with Crippen LogP contribution in [0.25, 0.3) is 0 Å². The minimum Gasteiger partial charge on any atom is -0.497 e. The van der Waals surface area contributed by atoms with Crippen molar-refractivity contribution in [2.75, 3.05) is 33.9 Å². The van der Waals surface area contributed by atoms with Crippen molar-refractivity contribution in [3.63, 3.8) is 0 Å². The fraction of sp³-hybridized carbons (Fsp3) is 0.500. The molecule has 1 N–H and O–H groups in total. The van der Waals surface area contributed by atoms with Gasteiger partial charge in [-0.05, 0) is 80.3 Å². The Morgan fingerprint density at radius 2 is 1.70 bits per heavy atom. The number of aryl methyl sites for hydroxylation is 2. The third-order valence-electron chi connectivity index (χ3n) is 8.26. The lowest BCUT2D eigenvalue weighted by Crippen LogP contribution is -2.36. The molecule has 1 saturated heterocycles. The van der Waals surface area contributed by atoms with E-state index in [2.05, 4.69) is 39.5 Å². The van der Waals surface area contributed by atoms with Gasteiger partial charge in [-0.1, -0.05) is 24.3 Å². The second kappa shape index (κ2) is 13.6. The quantitative estimate of drug-likeness (QED) is 0.306. The molecule has 2 aromatic carbocycles. The van der Waals surface area contributed by atoms with Crippen LogP contribution in [0.4, 0.5) is 0 Å². The first-order chi connectivity index (χ1) is 20.7. The number of nitrogens with zero attached hydrogens (tertiary/aromatic N) is 3. The van der Waals surface area contributed by atoms with Crippen molar-refractivity contribution >= 4 is 15.9 Å². The number of hydrogen-bond acceptors (Lipinski definition) is 8. The van der Waals surface area contributed by atoms with Crippen molar-refractivity contribution in [3.8, 4) is 5.75 Å². The minimum atomic E-state index is -3.82. The lowest BCUT2D eigenvalue weighted by molar-refractivity contribution is 0.0388. The van der Waals surface area contributed by atoms with Gasteiger partial charge in [0.1, 0.15) is 12.0 Å². The smallest absolute Gasteiger partial charge is 0.273 e. The summed E-state index contributed by atoms with van der Waals surface area (Å²) in [6.45, 7) is 6.97. The number of piperidine rings is 1. The molecular weight excluding hydrogens is 568 g/mol. The molecule has 0 atom stereocenters. The van der Waals surface area contributed by atoms with E-state index in [1.165, 1.54) is 16.1 Å². The van der Waals surface area contributed by atoms with Crippen molar-refractivity contribution in [2.45, 2.75) is 76.1 Å². The topological polar surface area (TPSA) is 114 Å². The number of nitrogens with one attached hydrogen (secondary N) is 1. The van der Waals surface area contributed by atoms with Crippen molar-refractivity contribution in [1.82, 2.24) is 19.5 Å². The van der Waals surface area contributed by atoms with Gasteiger partial charge in [0.15, 0.2) is 5.69 Å². The Labute approximate surface area is 254 Å². The molecule has 10 nitrogen and oxygen atoms in total. The first kappa shape index (κ1) is 31.2. The summed E-state index contributed by atoms with van der Waals surface area (Å²) < 4.78 is 45.3. The Morgan fingerprint density at radius 3 is 2.30 bits per heavy atom. The molecule has 1 amide bonds. The summed E-state index contributed by atoms with van der Waals surface area (Å²) in [7, 11) is -0.480. The molecule has 1 aliphatic heterocycles. The summed E-state index contributed by atoms with van der Waals surface area (Å²) >= 11 is 0. The third kappa shape index (κ3) is 7.64. The summed E-state index contributed by atoms with van der Waals surface area (Å²) in [5, 5.41) is 2.90. The molecule has 43 heavy (non-hydrogen) atoms. The molecule has 2 aliphatic rings. The zero-order valence-corrected chi connectivity index (χ0v) is 26.3. The van der Waals surface area contributed by atoms with Gasteiger partial charge in [0.2, 0.25) is 15.9 Å². The highest BCUT2D eigenvalue weighted by Gasteiger charge is 2.40. The molecule has 5 rings (SSSR count). The van der Waals surface area contributed by atoms with Gasteiger partial charge in [-0.25, -0.2) is 13.4 Å². The third-order valence-corrected chi connectivity index (χ3v) is 10.5. The Kier molecular flexibility index (Phi) is 9.85. The number of benzene rings is 2. The highest BCUT2D eigenvalue weighted by Crippen LogP contribution is 2.36. The van der Waals surface area contributed by atoms with Crippen molar-refractivity contribution in [2.24, 2.45) is 0 Å². The zero-order chi connectivity index (χ0) is 30.6. The summed E-state index contributed by atoms with van der Waals surface area (Å²) in [5.41, 5.74) is 3.78. The van der Waals surface area contributed by atoms with Gasteiger partial charge >= 0.3 is 0 Å². The Morgan fingerprint density at radius 1 is 1.05 bits per heavy atom. The SMILES string of the molecule is COc1cc(C)c(S(=O)(=O)N(Cc2nc(C(=O)NCCc3ccc(CN4CCC(OC)CC4)cc3)co2)C2CC2)c(C)c1. The molecule has 2 heterocycles. The number of aromatic nitrogens is 1. The van der Waals surface area contributed by atoms with E-state index in [0.717, 1.165) is 50.9 Å². The van der Waals surface area contributed by atoms with Crippen LogP contribution in [0.5, 0.6) is 5.75 Å². The number of rotatable bonds is 13. The average Bonchev–Trinajstić information content (AvgIpc) is 3.72. The van der Waals surface area contributed by atoms with E-state index >= 15 is 0 Å². The Hall–Kier alpha value is -3.25. The molecule has 11 heteroatoms. The molecule has 1 aromatic heterocycles. The van der Waals surface area contributed by atoms with Crippen LogP contribution < -0.4 is 10.1 Å². The van der Waals surface area contributed by atoms with E-state index in [9.17, 15) is 13.2 Å². The van der Waals surface area contributed by atoms with E-state index in [4.69, 9.17) is 13.9 Å². The average molecular weight is 611 g/mol. The Bertz CT molecular complexity index is 1490. The van der Waals surface area contributed by atoms with E-state index in [1.807, 2.05) is 0 Å². The zero-order valence-electron chi connectivity index (χ0n) is 25.5. The van der Waals surface area contributed by atoms with E-state index in [0.29, 0.717) is 35.9 Å². The van der Waals surface area contributed by atoms with Gasteiger partial charge in [0.05, 0.1) is 24.7 Å². The number of methoxy groups -OCH3 is 2. The maximum Gasteiger partial charge on any atom is 0.273 e. The fourth-order valence-corrected chi connectivity index (χ4v) is 7.78. The number of sulfonamides is 1. The number of carbonyl (C=O) groups is 1. The highest BCUT2D eigenvalue weighted by molar-refractivity contribution is 7.89. The fourth-order valence-electron chi connectivity index (χ4n) is 5.73. The number of hydrogen-bond donors (Lipinski definition) is 1. The van der Waals surface area contributed by atoms with Gasteiger partial charge in [-0.15, -0.1) is 0 Å². The van der Waals surface area contributed by atoms with Crippen LogP contribution in [0, 0.1) is 13.8 Å². The second-order valence-corrected chi connectivity index (χ2v) is 13.4. The van der Waals surface area contributed by atoms with Crippen LogP contribution >= 0.6 is 0 Å². The predicted molar refractivity (Wildman–Crippen MR) is 163 cm³/mol. The lowest BCUT2D eigenvalue weighted by Gasteiger charge is -2.31. The van der Waals surface area contributed by atoms with Gasteiger partial charge < -0.3 is 19.2 Å². The standard InChI is InChI=1S/C32H42N4O6S/c1-22-17-28(41-4)18-23(2)31(22)43(38,39)36(26-9-10-26)20-30-34-29(21-42-30)32(37)33-14-11-24-5-7-25(8-6-24)19-35-15-12-27(40-3)13-16-35/h5-8,17-18,21,26-27H,9-16,19-20H2,1-4H3,(H,33,37). The van der Waals surface area contributed by atoms with Crippen LogP contribution in [0.2, 0.25) is 0 Å². The normalized spacial score (nSPS) is 16.5. The number of carbonyl (C=O) groups excluding carboxylic acids is 1. The molecule has 2 fully saturated rings. The van der Waals surface area contributed by atoms with Gasteiger partial charge in [-0.2, -0.15) is 4.31 Å². The van der Waals surface area contributed by atoms with Gasteiger partial charge in [0, 0.05) is 39.3 Å². The molecular formula is C32H42N4O6S. The highest BCUT2D eigenvalue weighted by atomic mass is 32.2. The van der Waals surface area contributed by atoms with Crippen LogP contribution in [-0.4, -0.2) is 74.5 Å². The molecule has 1 saturated carbocycles. The predicted octanol–water partition coefficient (Wildman–Crippen LogP) is 4.24. The summed E-state index contributed by atoms with van der Waals surface area (Å²) in [6, 6.07) is 11.8. The van der Waals surface area contributed by atoms with Gasteiger partial charge in [-0.3, -0.25) is 9.69 Å². The van der Waals surface area contributed by atoms with Gasteiger partial charge in [0.25, 0.3) is 5.91 Å². The van der Waals surface area contributed by atoms with Crippen LogP contribution in [0.15, 0.2) is 52.0 Å². The number of amides is 1. The lowest BCUT2D eigenvalue weighted by atomic mass is 10.1. The number of oxazole rings is 1. The maximum absolute atomic E-state index is 13.7. The molecule has 3 aromatic rings. The van der Waals surface area contributed by atoms with Crippen molar-refractivity contribution in [3.05, 3.63) is 76.5 Å². The van der Waals surface area contributed by atoms with E-state index < -0.39 is 10.0 Å². The minimum absolute atomic E-state index is 0.0398. The summed E-state index contributed by atoms with van der Waals surface area (Å²) in [6.07, 6.45) is 6.04. The van der Waals surface area contributed by atoms with Crippen LogP contribution in [0.1, 0.15) is 64.3 Å².